The third-order valence-corrected chi connectivity index (χ3v) is 11.0. The van der Waals surface area contributed by atoms with Gasteiger partial charge in [0.25, 0.3) is 0 Å². The molecule has 198 valence electrons. The standard InChI is InChI=1S/C31H50O4/c1-19(2)9-8-10-20(3)26-13-14-27-25-12-11-23-17-24(34-21(4)32)18-29(35-22(5)33)31(23,7)28(25)15-16-30(26,27)6/h11,19-20,24-29H,8-10,12-18H2,1-7H3/t20-,24?,25+,26-,27+,28+,29+,30-,31+/m1/s1. The molecule has 35 heavy (non-hydrogen) atoms. The van der Waals surface area contributed by atoms with Crippen molar-refractivity contribution in [1.82, 2.24) is 0 Å². The summed E-state index contributed by atoms with van der Waals surface area (Å²) in [6, 6.07) is 0. The van der Waals surface area contributed by atoms with Gasteiger partial charge >= 0.3 is 11.9 Å². The van der Waals surface area contributed by atoms with E-state index in [0.29, 0.717) is 23.7 Å². The van der Waals surface area contributed by atoms with Crippen LogP contribution >= 0.6 is 0 Å². The van der Waals surface area contributed by atoms with Crippen molar-refractivity contribution in [2.75, 3.05) is 0 Å². The second-order valence-corrected chi connectivity index (χ2v) is 13.4. The van der Waals surface area contributed by atoms with Gasteiger partial charge in [0.05, 0.1) is 0 Å². The van der Waals surface area contributed by atoms with Crippen molar-refractivity contribution in [3.63, 3.8) is 0 Å². The average Bonchev–Trinajstić information content (AvgIpc) is 3.11. The summed E-state index contributed by atoms with van der Waals surface area (Å²) in [7, 11) is 0. The van der Waals surface area contributed by atoms with E-state index in [9.17, 15) is 9.59 Å². The van der Waals surface area contributed by atoms with Gasteiger partial charge in [-0.3, -0.25) is 9.59 Å². The van der Waals surface area contributed by atoms with Crippen LogP contribution in [0.15, 0.2) is 11.6 Å². The second-order valence-electron chi connectivity index (χ2n) is 13.4. The van der Waals surface area contributed by atoms with Gasteiger partial charge in [0.2, 0.25) is 0 Å². The molecular formula is C31H50O4. The minimum absolute atomic E-state index is 0.145. The molecule has 4 aliphatic rings. The van der Waals surface area contributed by atoms with E-state index in [1.54, 1.807) is 0 Å². The molecule has 4 nitrogen and oxygen atoms in total. The van der Waals surface area contributed by atoms with Crippen molar-refractivity contribution in [2.45, 2.75) is 125 Å². The molecular weight excluding hydrogens is 436 g/mol. The zero-order valence-corrected chi connectivity index (χ0v) is 23.4. The molecule has 9 atom stereocenters. The molecule has 4 heteroatoms. The van der Waals surface area contributed by atoms with Gasteiger partial charge in [-0.25, -0.2) is 0 Å². The smallest absolute Gasteiger partial charge is 0.302 e. The lowest BCUT2D eigenvalue weighted by molar-refractivity contribution is -0.172. The molecule has 0 aromatic heterocycles. The molecule has 0 spiro atoms. The van der Waals surface area contributed by atoms with E-state index in [-0.39, 0.29) is 29.6 Å². The Morgan fingerprint density at radius 3 is 2.37 bits per heavy atom. The molecule has 0 aromatic rings. The monoisotopic (exact) mass is 486 g/mol. The van der Waals surface area contributed by atoms with Gasteiger partial charge in [0, 0.05) is 32.1 Å². The number of rotatable bonds is 7. The first-order valence-corrected chi connectivity index (χ1v) is 14.5. The van der Waals surface area contributed by atoms with Crippen molar-refractivity contribution >= 4 is 11.9 Å². The molecule has 4 aliphatic carbocycles. The van der Waals surface area contributed by atoms with E-state index in [1.807, 2.05) is 0 Å². The van der Waals surface area contributed by atoms with Crippen LogP contribution in [-0.4, -0.2) is 24.1 Å². The summed E-state index contributed by atoms with van der Waals surface area (Å²) in [6.07, 6.45) is 13.9. The number of ether oxygens (including phenoxy) is 2. The van der Waals surface area contributed by atoms with Gasteiger partial charge in [-0.05, 0) is 73.0 Å². The van der Waals surface area contributed by atoms with Crippen molar-refractivity contribution in [3.8, 4) is 0 Å². The van der Waals surface area contributed by atoms with E-state index in [1.165, 1.54) is 64.4 Å². The molecule has 1 unspecified atom stereocenters. The minimum Gasteiger partial charge on any atom is -0.462 e. The van der Waals surface area contributed by atoms with Crippen LogP contribution in [-0.2, 0) is 19.1 Å². The topological polar surface area (TPSA) is 52.6 Å². The lowest BCUT2D eigenvalue weighted by Gasteiger charge is -2.60. The second kappa shape index (κ2) is 10.2. The Morgan fingerprint density at radius 1 is 1.00 bits per heavy atom. The predicted molar refractivity (Wildman–Crippen MR) is 140 cm³/mol. The Morgan fingerprint density at radius 2 is 1.71 bits per heavy atom. The summed E-state index contributed by atoms with van der Waals surface area (Å²) in [4.78, 5) is 23.9. The Hall–Kier alpha value is -1.32. The largest absolute Gasteiger partial charge is 0.462 e. The van der Waals surface area contributed by atoms with Gasteiger partial charge in [-0.1, -0.05) is 65.5 Å². The fourth-order valence-electron chi connectivity index (χ4n) is 9.38. The Bertz CT molecular complexity index is 830. The maximum Gasteiger partial charge on any atom is 0.302 e. The normalized spacial score (nSPS) is 41.3. The van der Waals surface area contributed by atoms with Crippen LogP contribution in [0, 0.1) is 46.3 Å². The third kappa shape index (κ3) is 4.97. The van der Waals surface area contributed by atoms with Gasteiger partial charge in [0.1, 0.15) is 12.2 Å². The maximum atomic E-state index is 12.1. The number of carbonyl (C=O) groups excluding carboxylic acids is 2. The van der Waals surface area contributed by atoms with E-state index < -0.39 is 0 Å². The van der Waals surface area contributed by atoms with Gasteiger partial charge in [-0.2, -0.15) is 0 Å². The zero-order chi connectivity index (χ0) is 25.5. The highest BCUT2D eigenvalue weighted by Crippen LogP contribution is 2.67. The number of fused-ring (bicyclic) bond motifs is 5. The first kappa shape index (κ1) is 26.7. The van der Waals surface area contributed by atoms with Crippen LogP contribution < -0.4 is 0 Å². The zero-order valence-electron chi connectivity index (χ0n) is 23.4. The van der Waals surface area contributed by atoms with E-state index in [2.05, 4.69) is 40.7 Å². The van der Waals surface area contributed by atoms with Crippen molar-refractivity contribution in [2.24, 2.45) is 46.3 Å². The molecule has 0 N–H and O–H groups in total. The number of esters is 2. The summed E-state index contributed by atoms with van der Waals surface area (Å²) >= 11 is 0. The maximum absolute atomic E-state index is 12.1. The Kier molecular flexibility index (Phi) is 7.80. The van der Waals surface area contributed by atoms with Crippen LogP contribution in [0.2, 0.25) is 0 Å². The highest BCUT2D eigenvalue weighted by atomic mass is 16.6. The Labute approximate surface area is 214 Å². The predicted octanol–water partition coefficient (Wildman–Crippen LogP) is 7.50. The summed E-state index contributed by atoms with van der Waals surface area (Å²) < 4.78 is 11.6. The first-order chi connectivity index (χ1) is 16.5. The molecule has 0 saturated heterocycles. The van der Waals surface area contributed by atoms with Gasteiger partial charge < -0.3 is 9.47 Å². The van der Waals surface area contributed by atoms with Crippen LogP contribution in [0.5, 0.6) is 0 Å². The molecule has 0 radical (unpaired) electrons. The summed E-state index contributed by atoms with van der Waals surface area (Å²) in [6.45, 7) is 15.2. The Balaban J connectivity index is 1.56. The number of carbonyl (C=O) groups is 2. The highest BCUT2D eigenvalue weighted by molar-refractivity contribution is 5.67. The van der Waals surface area contributed by atoms with Crippen LogP contribution in [0.4, 0.5) is 0 Å². The molecule has 0 aromatic carbocycles. The molecule has 0 bridgehead atoms. The molecule has 3 saturated carbocycles. The number of hydrogen-bond acceptors (Lipinski definition) is 4. The lowest BCUT2D eigenvalue weighted by atomic mass is 9.46. The first-order valence-electron chi connectivity index (χ1n) is 14.5. The fraction of sp³-hybridized carbons (Fsp3) is 0.871. The molecule has 0 amide bonds. The summed E-state index contributed by atoms with van der Waals surface area (Å²) in [5.41, 5.74) is 1.65. The van der Waals surface area contributed by atoms with Crippen molar-refractivity contribution in [3.05, 3.63) is 11.6 Å². The van der Waals surface area contributed by atoms with Crippen molar-refractivity contribution < 1.29 is 19.1 Å². The molecule has 3 fully saturated rings. The van der Waals surface area contributed by atoms with Crippen molar-refractivity contribution in [1.29, 1.82) is 0 Å². The van der Waals surface area contributed by atoms with E-state index >= 15 is 0 Å². The summed E-state index contributed by atoms with van der Waals surface area (Å²) in [5, 5.41) is 0. The molecule has 0 heterocycles. The summed E-state index contributed by atoms with van der Waals surface area (Å²) in [5.74, 6) is 3.94. The molecule has 4 rings (SSSR count). The highest BCUT2D eigenvalue weighted by Gasteiger charge is 2.62. The van der Waals surface area contributed by atoms with E-state index in [4.69, 9.17) is 9.47 Å². The van der Waals surface area contributed by atoms with E-state index in [0.717, 1.165) is 36.5 Å². The fourth-order valence-corrected chi connectivity index (χ4v) is 9.38. The van der Waals surface area contributed by atoms with Crippen LogP contribution in [0.3, 0.4) is 0 Å². The third-order valence-electron chi connectivity index (χ3n) is 11.0. The number of hydrogen-bond donors (Lipinski definition) is 0. The van der Waals surface area contributed by atoms with Gasteiger partial charge in [0.15, 0.2) is 0 Å². The SMILES string of the molecule is CC(=O)OC1CC2=CC[C@H]3[C@@H]4CC[C@H]([C@H](C)CCCC(C)C)[C@@]4(C)CC[C@@H]3[C@@]2(C)[C@@H](OC(C)=O)C1. The van der Waals surface area contributed by atoms with Crippen LogP contribution in [0.25, 0.3) is 0 Å². The minimum atomic E-state index is -0.248. The lowest BCUT2D eigenvalue weighted by Crippen LogP contribution is -2.57. The number of allylic oxidation sites excluding steroid dienone is 1. The quantitative estimate of drug-likeness (QED) is 0.276. The van der Waals surface area contributed by atoms with Crippen LogP contribution in [0.1, 0.15) is 113 Å². The average molecular weight is 487 g/mol. The molecule has 0 aliphatic heterocycles. The van der Waals surface area contributed by atoms with Gasteiger partial charge in [-0.15, -0.1) is 0 Å².